The molecular formula is C20H24N4OS. The number of aryl methyl sites for hydroxylation is 1. The Morgan fingerprint density at radius 1 is 1.19 bits per heavy atom. The van der Waals surface area contributed by atoms with Crippen LogP contribution in [-0.2, 0) is 6.54 Å². The number of aromatic nitrogens is 3. The number of likely N-dealkylation sites (tertiary alicyclic amines) is 1. The van der Waals surface area contributed by atoms with Gasteiger partial charge in [0.15, 0.2) is 0 Å². The van der Waals surface area contributed by atoms with Crippen LogP contribution in [0.25, 0.3) is 0 Å². The van der Waals surface area contributed by atoms with E-state index in [1.54, 1.807) is 0 Å². The lowest BCUT2D eigenvalue weighted by molar-refractivity contribution is 0.173. The summed E-state index contributed by atoms with van der Waals surface area (Å²) < 4.78 is 1.94. The Morgan fingerprint density at radius 2 is 1.96 bits per heavy atom. The van der Waals surface area contributed by atoms with E-state index in [4.69, 9.17) is 0 Å². The van der Waals surface area contributed by atoms with Gasteiger partial charge in [0.2, 0.25) is 0 Å². The van der Waals surface area contributed by atoms with Crippen LogP contribution in [0, 0.1) is 6.92 Å². The molecule has 26 heavy (non-hydrogen) atoms. The van der Waals surface area contributed by atoms with Crippen LogP contribution in [0.15, 0.2) is 48.0 Å². The van der Waals surface area contributed by atoms with Gasteiger partial charge >= 0.3 is 0 Å². The first-order chi connectivity index (χ1) is 12.7. The Bertz CT molecular complexity index is 836. The highest BCUT2D eigenvalue weighted by molar-refractivity contribution is 7.10. The number of thiophene rings is 1. The molecule has 3 aromatic rings. The minimum Gasteiger partial charge on any atom is -0.382 e. The summed E-state index contributed by atoms with van der Waals surface area (Å²) in [7, 11) is 0. The van der Waals surface area contributed by atoms with Gasteiger partial charge in [-0.05, 0) is 42.3 Å². The van der Waals surface area contributed by atoms with E-state index in [0.717, 1.165) is 38.0 Å². The molecule has 1 aromatic carbocycles. The third kappa shape index (κ3) is 3.72. The molecule has 3 heterocycles. The molecule has 0 bridgehead atoms. The maximum Gasteiger partial charge on any atom is 0.124 e. The molecule has 4 rings (SSSR count). The summed E-state index contributed by atoms with van der Waals surface area (Å²) in [6, 6.07) is 12.2. The van der Waals surface area contributed by atoms with Crippen LogP contribution < -0.4 is 0 Å². The molecule has 5 nitrogen and oxygen atoms in total. The van der Waals surface area contributed by atoms with Crippen LogP contribution in [0.5, 0.6) is 0 Å². The largest absolute Gasteiger partial charge is 0.382 e. The van der Waals surface area contributed by atoms with Crippen molar-refractivity contribution in [3.63, 3.8) is 0 Å². The molecule has 2 aromatic heterocycles. The molecule has 6 heteroatoms. The smallest absolute Gasteiger partial charge is 0.124 e. The molecule has 1 N–H and O–H groups in total. The molecule has 136 valence electrons. The van der Waals surface area contributed by atoms with E-state index in [-0.39, 0.29) is 0 Å². The fourth-order valence-corrected chi connectivity index (χ4v) is 4.46. The average Bonchev–Trinajstić information content (AvgIpc) is 3.32. The summed E-state index contributed by atoms with van der Waals surface area (Å²) in [6.07, 6.45) is 3.32. The van der Waals surface area contributed by atoms with Gasteiger partial charge in [-0.25, -0.2) is 4.68 Å². The van der Waals surface area contributed by atoms with Gasteiger partial charge < -0.3 is 5.11 Å². The number of hydrogen-bond acceptors (Lipinski definition) is 5. The normalized spacial score (nSPS) is 17.5. The summed E-state index contributed by atoms with van der Waals surface area (Å²) >= 11 is 1.85. The van der Waals surface area contributed by atoms with E-state index in [0.29, 0.717) is 11.7 Å². The van der Waals surface area contributed by atoms with Crippen LogP contribution in [0.3, 0.4) is 0 Å². The van der Waals surface area contributed by atoms with Crippen LogP contribution in [0.1, 0.15) is 46.7 Å². The average molecular weight is 369 g/mol. The summed E-state index contributed by atoms with van der Waals surface area (Å²) in [4.78, 5) is 3.99. The highest BCUT2D eigenvalue weighted by atomic mass is 32.1. The van der Waals surface area contributed by atoms with Crippen LogP contribution in [0.2, 0.25) is 0 Å². The van der Waals surface area contributed by atoms with Gasteiger partial charge in [-0.15, -0.1) is 16.4 Å². The second-order valence-electron chi connectivity index (χ2n) is 6.97. The lowest BCUT2D eigenvalue weighted by Crippen LogP contribution is -2.34. The zero-order valence-electron chi connectivity index (χ0n) is 15.0. The van der Waals surface area contributed by atoms with Gasteiger partial charge in [0.25, 0.3) is 0 Å². The summed E-state index contributed by atoms with van der Waals surface area (Å²) in [5, 5.41) is 21.2. The van der Waals surface area contributed by atoms with Crippen molar-refractivity contribution >= 4 is 11.3 Å². The molecule has 1 atom stereocenters. The minimum atomic E-state index is -0.716. The molecule has 0 amide bonds. The van der Waals surface area contributed by atoms with E-state index in [1.165, 1.54) is 10.4 Å². The fourth-order valence-electron chi connectivity index (χ4n) is 3.51. The SMILES string of the molecule is Cc1ccsc1CN1CCC(n2cc([C@@H](O)c3ccccc3)nn2)CC1. The number of rotatable bonds is 5. The highest BCUT2D eigenvalue weighted by Crippen LogP contribution is 2.26. The molecular weight excluding hydrogens is 344 g/mol. The molecule has 1 aliphatic heterocycles. The molecule has 0 saturated carbocycles. The van der Waals surface area contributed by atoms with E-state index < -0.39 is 6.10 Å². The van der Waals surface area contributed by atoms with Crippen molar-refractivity contribution in [1.29, 1.82) is 0 Å². The third-order valence-corrected chi connectivity index (χ3v) is 6.20. The van der Waals surface area contributed by atoms with Crippen LogP contribution in [-0.4, -0.2) is 38.1 Å². The van der Waals surface area contributed by atoms with Crippen molar-refractivity contribution in [2.24, 2.45) is 0 Å². The predicted molar refractivity (Wildman–Crippen MR) is 103 cm³/mol. The number of benzene rings is 1. The van der Waals surface area contributed by atoms with Gasteiger partial charge in [-0.1, -0.05) is 35.5 Å². The fraction of sp³-hybridized carbons (Fsp3) is 0.400. The maximum atomic E-state index is 10.5. The molecule has 0 spiro atoms. The number of nitrogens with zero attached hydrogens (tertiary/aromatic N) is 4. The lowest BCUT2D eigenvalue weighted by Gasteiger charge is -2.31. The van der Waals surface area contributed by atoms with Crippen LogP contribution >= 0.6 is 11.3 Å². The Hall–Kier alpha value is -2.02. The molecule has 1 aliphatic rings. The maximum absolute atomic E-state index is 10.5. The quantitative estimate of drug-likeness (QED) is 0.748. The number of aliphatic hydroxyl groups excluding tert-OH is 1. The highest BCUT2D eigenvalue weighted by Gasteiger charge is 2.23. The third-order valence-electron chi connectivity index (χ3n) is 5.19. The van der Waals surface area contributed by atoms with Crippen molar-refractivity contribution < 1.29 is 5.11 Å². The van der Waals surface area contributed by atoms with Gasteiger partial charge in [-0.3, -0.25) is 4.90 Å². The van der Waals surface area contributed by atoms with E-state index in [1.807, 2.05) is 52.5 Å². The number of hydrogen-bond donors (Lipinski definition) is 1. The van der Waals surface area contributed by atoms with Crippen molar-refractivity contribution in [3.05, 3.63) is 69.7 Å². The zero-order chi connectivity index (χ0) is 17.9. The second kappa shape index (κ2) is 7.70. The minimum absolute atomic E-state index is 0.361. The predicted octanol–water partition coefficient (Wildman–Crippen LogP) is 3.57. The van der Waals surface area contributed by atoms with Crippen LogP contribution in [0.4, 0.5) is 0 Å². The van der Waals surface area contributed by atoms with Gasteiger partial charge in [-0.2, -0.15) is 0 Å². The molecule has 1 fully saturated rings. The number of piperidine rings is 1. The lowest BCUT2D eigenvalue weighted by atomic mass is 10.0. The zero-order valence-corrected chi connectivity index (χ0v) is 15.8. The van der Waals surface area contributed by atoms with E-state index >= 15 is 0 Å². The van der Waals surface area contributed by atoms with Gasteiger partial charge in [0.1, 0.15) is 11.8 Å². The standard InChI is InChI=1S/C20H24N4OS/c1-15-9-12-26-19(15)14-23-10-7-17(8-11-23)24-13-18(21-22-24)20(25)16-5-3-2-4-6-16/h2-6,9,12-13,17,20,25H,7-8,10-11,14H2,1H3/t20-/m0/s1. The summed E-state index contributed by atoms with van der Waals surface area (Å²) in [5.41, 5.74) is 2.86. The van der Waals surface area contributed by atoms with Gasteiger partial charge in [0.05, 0.1) is 12.2 Å². The molecule has 0 radical (unpaired) electrons. The first-order valence-corrected chi connectivity index (χ1v) is 9.99. The van der Waals surface area contributed by atoms with Gasteiger partial charge in [0, 0.05) is 24.5 Å². The Labute approximate surface area is 157 Å². The molecule has 0 unspecified atom stereocenters. The molecule has 0 aliphatic carbocycles. The van der Waals surface area contributed by atoms with Crippen molar-refractivity contribution in [1.82, 2.24) is 19.9 Å². The monoisotopic (exact) mass is 368 g/mol. The van der Waals surface area contributed by atoms with E-state index in [9.17, 15) is 5.11 Å². The Morgan fingerprint density at radius 3 is 2.65 bits per heavy atom. The molecule has 1 saturated heterocycles. The van der Waals surface area contributed by atoms with Crippen molar-refractivity contribution in [3.8, 4) is 0 Å². The van der Waals surface area contributed by atoms with Crippen molar-refractivity contribution in [2.45, 2.75) is 38.5 Å². The summed E-state index contributed by atoms with van der Waals surface area (Å²) in [5.74, 6) is 0. The topological polar surface area (TPSA) is 54.2 Å². The second-order valence-corrected chi connectivity index (χ2v) is 7.97. The van der Waals surface area contributed by atoms with E-state index in [2.05, 4.69) is 33.6 Å². The first kappa shape index (κ1) is 17.4. The summed E-state index contributed by atoms with van der Waals surface area (Å²) in [6.45, 7) is 5.37. The Balaban J connectivity index is 1.36. The Kier molecular flexibility index (Phi) is 5.15. The first-order valence-electron chi connectivity index (χ1n) is 9.11. The number of aliphatic hydroxyl groups is 1. The van der Waals surface area contributed by atoms with Crippen molar-refractivity contribution in [2.75, 3.05) is 13.1 Å².